The Labute approximate surface area is 110 Å². The number of nitrogens with two attached hydrogens (primary N) is 1. The van der Waals surface area contributed by atoms with Crippen LogP contribution in [-0.2, 0) is 10.0 Å². The molecule has 1 rings (SSSR count). The molecule has 0 unspecified atom stereocenters. The van der Waals surface area contributed by atoms with Gasteiger partial charge in [0.1, 0.15) is 0 Å². The van der Waals surface area contributed by atoms with Crippen LogP contribution in [0.3, 0.4) is 0 Å². The Morgan fingerprint density at radius 1 is 1.33 bits per heavy atom. The third-order valence-electron chi connectivity index (χ3n) is 2.57. The predicted octanol–water partition coefficient (Wildman–Crippen LogP) is 1.60. The molecule has 2 N–H and O–H groups in total. The van der Waals surface area contributed by atoms with E-state index < -0.39 is 10.0 Å². The van der Waals surface area contributed by atoms with E-state index in [-0.39, 0.29) is 5.92 Å². The molecule has 0 aliphatic carbocycles. The zero-order chi connectivity index (χ0) is 13.8. The van der Waals surface area contributed by atoms with Gasteiger partial charge in [-0.25, -0.2) is 8.42 Å². The minimum atomic E-state index is -3.43. The summed E-state index contributed by atoms with van der Waals surface area (Å²) in [5.74, 6) is 0.274. The summed E-state index contributed by atoms with van der Waals surface area (Å²) in [6.45, 7) is 7.05. The second-order valence-electron chi connectivity index (χ2n) is 4.86. The van der Waals surface area contributed by atoms with Crippen molar-refractivity contribution < 1.29 is 8.42 Å². The lowest BCUT2D eigenvalue weighted by molar-refractivity contribution is 0.373. The van der Waals surface area contributed by atoms with Gasteiger partial charge in [0.25, 0.3) is 0 Å². The molecule has 1 aromatic rings. The maximum Gasteiger partial charge on any atom is 0.243 e. The van der Waals surface area contributed by atoms with E-state index in [0.29, 0.717) is 24.5 Å². The van der Waals surface area contributed by atoms with Crippen molar-refractivity contribution in [2.24, 2.45) is 11.7 Å². The Balaban J connectivity index is 3.08. The van der Waals surface area contributed by atoms with E-state index in [9.17, 15) is 8.42 Å². The first kappa shape index (κ1) is 15.1. The number of aryl methyl sites for hydroxylation is 1. The summed E-state index contributed by atoms with van der Waals surface area (Å²) in [7, 11) is -3.43. The topological polar surface area (TPSA) is 63.4 Å². The summed E-state index contributed by atoms with van der Waals surface area (Å²) in [5, 5.41) is 0. The molecule has 0 saturated heterocycles. The van der Waals surface area contributed by atoms with Crippen LogP contribution in [-0.4, -0.2) is 32.4 Å². The van der Waals surface area contributed by atoms with Crippen molar-refractivity contribution in [2.75, 3.05) is 19.6 Å². The van der Waals surface area contributed by atoms with Crippen molar-refractivity contribution >= 4 is 10.0 Å². The first-order valence-electron chi connectivity index (χ1n) is 6.15. The first-order chi connectivity index (χ1) is 8.37. The van der Waals surface area contributed by atoms with Crippen LogP contribution < -0.4 is 5.73 Å². The summed E-state index contributed by atoms with van der Waals surface area (Å²) in [5.41, 5.74) is 6.44. The average molecular weight is 270 g/mol. The van der Waals surface area contributed by atoms with Gasteiger partial charge in [0, 0.05) is 19.6 Å². The van der Waals surface area contributed by atoms with Crippen LogP contribution in [0.2, 0.25) is 0 Å². The van der Waals surface area contributed by atoms with Crippen molar-refractivity contribution in [1.82, 2.24) is 4.31 Å². The van der Waals surface area contributed by atoms with Crippen LogP contribution in [0.4, 0.5) is 0 Å². The molecule has 0 spiro atoms. The van der Waals surface area contributed by atoms with E-state index in [4.69, 9.17) is 5.73 Å². The summed E-state index contributed by atoms with van der Waals surface area (Å²) in [4.78, 5) is 0.344. The largest absolute Gasteiger partial charge is 0.329 e. The quantitative estimate of drug-likeness (QED) is 0.854. The lowest BCUT2D eigenvalue weighted by atomic mass is 10.2. The van der Waals surface area contributed by atoms with Crippen LogP contribution in [0.15, 0.2) is 29.2 Å². The average Bonchev–Trinajstić information content (AvgIpc) is 2.28. The second kappa shape index (κ2) is 6.31. The molecule has 0 bridgehead atoms. The predicted molar refractivity (Wildman–Crippen MR) is 73.8 cm³/mol. The van der Waals surface area contributed by atoms with E-state index in [1.807, 2.05) is 26.8 Å². The highest BCUT2D eigenvalue weighted by molar-refractivity contribution is 7.89. The van der Waals surface area contributed by atoms with Gasteiger partial charge in [-0.15, -0.1) is 0 Å². The van der Waals surface area contributed by atoms with Gasteiger partial charge < -0.3 is 5.73 Å². The van der Waals surface area contributed by atoms with Gasteiger partial charge in [0.15, 0.2) is 0 Å². The number of nitrogens with zero attached hydrogens (tertiary/aromatic N) is 1. The molecule has 1 aromatic carbocycles. The molecule has 0 saturated carbocycles. The molecular formula is C13H22N2O2S. The molecule has 0 heterocycles. The Morgan fingerprint density at radius 3 is 2.50 bits per heavy atom. The minimum absolute atomic E-state index is 0.274. The summed E-state index contributed by atoms with van der Waals surface area (Å²) in [6.07, 6.45) is 0. The Bertz CT molecular complexity index is 484. The summed E-state index contributed by atoms with van der Waals surface area (Å²) < 4.78 is 26.4. The van der Waals surface area contributed by atoms with Crippen LogP contribution in [0.1, 0.15) is 19.4 Å². The zero-order valence-electron chi connectivity index (χ0n) is 11.3. The lowest BCUT2D eigenvalue weighted by Crippen LogP contribution is -2.37. The van der Waals surface area contributed by atoms with Crippen LogP contribution in [0.25, 0.3) is 0 Å². The van der Waals surface area contributed by atoms with E-state index in [1.54, 1.807) is 18.2 Å². The Morgan fingerprint density at radius 2 is 2.00 bits per heavy atom. The molecular weight excluding hydrogens is 248 g/mol. The van der Waals surface area contributed by atoms with E-state index in [1.165, 1.54) is 4.31 Å². The Kier molecular flexibility index (Phi) is 5.31. The highest BCUT2D eigenvalue weighted by Crippen LogP contribution is 2.17. The van der Waals surface area contributed by atoms with Crippen molar-refractivity contribution in [3.8, 4) is 0 Å². The number of hydrogen-bond donors (Lipinski definition) is 1. The summed E-state index contributed by atoms with van der Waals surface area (Å²) in [6, 6.07) is 6.97. The molecule has 0 aliphatic rings. The fourth-order valence-electron chi connectivity index (χ4n) is 1.79. The highest BCUT2D eigenvalue weighted by atomic mass is 32.2. The number of rotatable bonds is 6. The maximum atomic E-state index is 12.5. The monoisotopic (exact) mass is 270 g/mol. The fraction of sp³-hybridized carbons (Fsp3) is 0.538. The lowest BCUT2D eigenvalue weighted by Gasteiger charge is -2.23. The van der Waals surface area contributed by atoms with Gasteiger partial charge in [-0.3, -0.25) is 0 Å². The zero-order valence-corrected chi connectivity index (χ0v) is 12.1. The van der Waals surface area contributed by atoms with Crippen molar-refractivity contribution in [2.45, 2.75) is 25.7 Å². The maximum absolute atomic E-state index is 12.5. The molecule has 0 amide bonds. The van der Waals surface area contributed by atoms with Crippen molar-refractivity contribution in [1.29, 1.82) is 0 Å². The number of benzene rings is 1. The number of sulfonamides is 1. The van der Waals surface area contributed by atoms with Crippen molar-refractivity contribution in [3.05, 3.63) is 29.8 Å². The third-order valence-corrected chi connectivity index (χ3v) is 4.44. The summed E-state index contributed by atoms with van der Waals surface area (Å²) >= 11 is 0. The van der Waals surface area contributed by atoms with Gasteiger partial charge in [0.2, 0.25) is 10.0 Å². The fourth-order valence-corrected chi connectivity index (χ4v) is 3.51. The normalized spacial score (nSPS) is 12.3. The minimum Gasteiger partial charge on any atom is -0.329 e. The van der Waals surface area contributed by atoms with Crippen LogP contribution >= 0.6 is 0 Å². The van der Waals surface area contributed by atoms with Gasteiger partial charge in [-0.2, -0.15) is 4.31 Å². The Hall–Kier alpha value is -0.910. The standard InChI is InChI=1S/C13H22N2O2S/c1-11(2)10-15(8-7-14)18(16,17)13-6-4-5-12(3)9-13/h4-6,9,11H,7-8,10,14H2,1-3H3. The van der Waals surface area contributed by atoms with E-state index >= 15 is 0 Å². The molecule has 0 atom stereocenters. The SMILES string of the molecule is Cc1cccc(S(=O)(=O)N(CCN)CC(C)C)c1. The van der Waals surface area contributed by atoms with E-state index in [2.05, 4.69) is 0 Å². The first-order valence-corrected chi connectivity index (χ1v) is 7.59. The van der Waals surface area contributed by atoms with Crippen LogP contribution in [0.5, 0.6) is 0 Å². The number of hydrogen-bond acceptors (Lipinski definition) is 3. The second-order valence-corrected chi connectivity index (χ2v) is 6.80. The highest BCUT2D eigenvalue weighted by Gasteiger charge is 2.24. The molecule has 0 radical (unpaired) electrons. The molecule has 102 valence electrons. The van der Waals surface area contributed by atoms with Crippen molar-refractivity contribution in [3.63, 3.8) is 0 Å². The van der Waals surface area contributed by atoms with Gasteiger partial charge in [-0.1, -0.05) is 26.0 Å². The molecule has 4 nitrogen and oxygen atoms in total. The van der Waals surface area contributed by atoms with Gasteiger partial charge in [0.05, 0.1) is 4.90 Å². The van der Waals surface area contributed by atoms with Crippen LogP contribution in [0, 0.1) is 12.8 Å². The molecule has 0 fully saturated rings. The van der Waals surface area contributed by atoms with Gasteiger partial charge >= 0.3 is 0 Å². The molecule has 0 aliphatic heterocycles. The van der Waals surface area contributed by atoms with E-state index in [0.717, 1.165) is 5.56 Å². The third kappa shape index (κ3) is 3.80. The van der Waals surface area contributed by atoms with Gasteiger partial charge in [-0.05, 0) is 30.5 Å². The molecule has 5 heteroatoms. The molecule has 18 heavy (non-hydrogen) atoms. The smallest absolute Gasteiger partial charge is 0.243 e. The molecule has 0 aromatic heterocycles.